The zero-order chi connectivity index (χ0) is 17.1. The molecule has 3 rings (SSSR count). The SMILES string of the molecule is CCn1c(C)nc2cc(C(=O)N/N=C\c3cccc(F)c3)ccc21. The highest BCUT2D eigenvalue weighted by molar-refractivity contribution is 5.97. The van der Waals surface area contributed by atoms with Gasteiger partial charge < -0.3 is 4.57 Å². The van der Waals surface area contributed by atoms with Crippen LogP contribution in [0.25, 0.3) is 11.0 Å². The molecule has 1 N–H and O–H groups in total. The number of benzene rings is 2. The maximum absolute atomic E-state index is 13.1. The predicted molar refractivity (Wildman–Crippen MR) is 91.6 cm³/mol. The minimum absolute atomic E-state index is 0.340. The third-order valence-corrected chi connectivity index (χ3v) is 3.75. The zero-order valence-electron chi connectivity index (χ0n) is 13.5. The number of hydrazone groups is 1. The molecule has 0 radical (unpaired) electrons. The summed E-state index contributed by atoms with van der Waals surface area (Å²) in [5.41, 5.74) is 5.25. The Balaban J connectivity index is 1.76. The van der Waals surface area contributed by atoms with E-state index in [1.807, 2.05) is 13.0 Å². The molecule has 1 amide bonds. The lowest BCUT2D eigenvalue weighted by molar-refractivity contribution is 0.0955. The van der Waals surface area contributed by atoms with Crippen molar-refractivity contribution in [3.8, 4) is 0 Å². The molecule has 0 fully saturated rings. The first-order chi connectivity index (χ1) is 11.6. The topological polar surface area (TPSA) is 59.3 Å². The van der Waals surface area contributed by atoms with Gasteiger partial charge in [-0.05, 0) is 49.7 Å². The number of carbonyl (C=O) groups is 1. The summed E-state index contributed by atoms with van der Waals surface area (Å²) in [5.74, 6) is 0.222. The van der Waals surface area contributed by atoms with E-state index >= 15 is 0 Å². The quantitative estimate of drug-likeness (QED) is 0.591. The van der Waals surface area contributed by atoms with Crippen molar-refractivity contribution in [1.82, 2.24) is 15.0 Å². The van der Waals surface area contributed by atoms with Gasteiger partial charge in [-0.25, -0.2) is 14.8 Å². The summed E-state index contributed by atoms with van der Waals surface area (Å²) in [4.78, 5) is 16.6. The highest BCUT2D eigenvalue weighted by atomic mass is 19.1. The third kappa shape index (κ3) is 3.17. The Hall–Kier alpha value is -3.02. The minimum Gasteiger partial charge on any atom is -0.329 e. The largest absolute Gasteiger partial charge is 0.329 e. The van der Waals surface area contributed by atoms with Gasteiger partial charge in [0.25, 0.3) is 5.91 Å². The van der Waals surface area contributed by atoms with Gasteiger partial charge in [-0.3, -0.25) is 4.79 Å². The van der Waals surface area contributed by atoms with Crippen molar-refractivity contribution in [2.75, 3.05) is 0 Å². The number of rotatable bonds is 4. The van der Waals surface area contributed by atoms with Gasteiger partial charge in [0.1, 0.15) is 11.6 Å². The van der Waals surface area contributed by atoms with E-state index in [2.05, 4.69) is 27.0 Å². The molecule has 0 saturated carbocycles. The van der Waals surface area contributed by atoms with Crippen LogP contribution in [0.2, 0.25) is 0 Å². The maximum atomic E-state index is 13.1. The lowest BCUT2D eigenvalue weighted by Crippen LogP contribution is -2.17. The molecule has 0 aliphatic carbocycles. The predicted octanol–water partition coefficient (Wildman–Crippen LogP) is 3.27. The van der Waals surface area contributed by atoms with Crippen molar-refractivity contribution in [2.45, 2.75) is 20.4 Å². The molecule has 0 atom stereocenters. The molecule has 3 aromatic rings. The molecule has 24 heavy (non-hydrogen) atoms. The van der Waals surface area contributed by atoms with Gasteiger partial charge in [0, 0.05) is 12.1 Å². The Morgan fingerprint density at radius 3 is 2.92 bits per heavy atom. The van der Waals surface area contributed by atoms with Crippen molar-refractivity contribution in [2.24, 2.45) is 5.10 Å². The van der Waals surface area contributed by atoms with Crippen LogP contribution in [0.5, 0.6) is 0 Å². The normalized spacial score (nSPS) is 11.3. The van der Waals surface area contributed by atoms with Gasteiger partial charge in [0.2, 0.25) is 0 Å². The summed E-state index contributed by atoms with van der Waals surface area (Å²) in [6, 6.07) is 11.3. The van der Waals surface area contributed by atoms with E-state index in [1.165, 1.54) is 18.3 Å². The molecule has 0 saturated heterocycles. The summed E-state index contributed by atoms with van der Waals surface area (Å²) in [5, 5.41) is 3.86. The zero-order valence-corrected chi connectivity index (χ0v) is 13.5. The highest BCUT2D eigenvalue weighted by Crippen LogP contribution is 2.17. The average Bonchev–Trinajstić information content (AvgIpc) is 2.88. The monoisotopic (exact) mass is 324 g/mol. The van der Waals surface area contributed by atoms with Crippen LogP contribution in [0, 0.1) is 12.7 Å². The molecular formula is C18H17FN4O. The average molecular weight is 324 g/mol. The van der Waals surface area contributed by atoms with Crippen LogP contribution < -0.4 is 5.43 Å². The second-order valence-electron chi connectivity index (χ2n) is 5.36. The number of aryl methyl sites for hydroxylation is 2. The van der Waals surface area contributed by atoms with Crippen molar-refractivity contribution in [3.05, 3.63) is 65.2 Å². The lowest BCUT2D eigenvalue weighted by Gasteiger charge is -2.03. The molecule has 2 aromatic carbocycles. The van der Waals surface area contributed by atoms with Gasteiger partial charge >= 0.3 is 0 Å². The smallest absolute Gasteiger partial charge is 0.271 e. The van der Waals surface area contributed by atoms with E-state index in [0.717, 1.165) is 23.4 Å². The highest BCUT2D eigenvalue weighted by Gasteiger charge is 2.10. The molecular weight excluding hydrogens is 307 g/mol. The summed E-state index contributed by atoms with van der Waals surface area (Å²) in [6.07, 6.45) is 1.40. The van der Waals surface area contributed by atoms with Crippen LogP contribution >= 0.6 is 0 Å². The van der Waals surface area contributed by atoms with Crippen LogP contribution in [0.3, 0.4) is 0 Å². The number of fused-ring (bicyclic) bond motifs is 1. The Labute approximate surface area is 138 Å². The van der Waals surface area contributed by atoms with Crippen molar-refractivity contribution in [3.63, 3.8) is 0 Å². The molecule has 1 heterocycles. The Kier molecular flexibility index (Phi) is 4.37. The molecule has 0 bridgehead atoms. The second kappa shape index (κ2) is 6.62. The van der Waals surface area contributed by atoms with Crippen LogP contribution in [0.15, 0.2) is 47.6 Å². The standard InChI is InChI=1S/C18H17FN4O/c1-3-23-12(2)21-16-10-14(7-8-17(16)23)18(24)22-20-11-13-5-4-6-15(19)9-13/h4-11H,3H2,1-2H3,(H,22,24)/b20-11-. The molecule has 0 aliphatic heterocycles. The van der Waals surface area contributed by atoms with Gasteiger partial charge in [0.05, 0.1) is 17.2 Å². The molecule has 5 nitrogen and oxygen atoms in total. The van der Waals surface area contributed by atoms with E-state index < -0.39 is 0 Å². The Morgan fingerprint density at radius 1 is 1.33 bits per heavy atom. The molecule has 0 spiro atoms. The number of carbonyl (C=O) groups excluding carboxylic acids is 1. The van der Waals surface area contributed by atoms with E-state index in [9.17, 15) is 9.18 Å². The molecule has 1 aromatic heterocycles. The van der Waals surface area contributed by atoms with Crippen molar-refractivity contribution < 1.29 is 9.18 Å². The number of aromatic nitrogens is 2. The Morgan fingerprint density at radius 2 is 2.17 bits per heavy atom. The first-order valence-corrected chi connectivity index (χ1v) is 7.64. The fraction of sp³-hybridized carbons (Fsp3) is 0.167. The number of amides is 1. The summed E-state index contributed by atoms with van der Waals surface area (Å²) < 4.78 is 15.2. The number of hydrogen-bond donors (Lipinski definition) is 1. The van der Waals surface area contributed by atoms with Gasteiger partial charge in [-0.2, -0.15) is 5.10 Å². The van der Waals surface area contributed by atoms with Gasteiger partial charge in [-0.1, -0.05) is 12.1 Å². The maximum Gasteiger partial charge on any atom is 0.271 e. The van der Waals surface area contributed by atoms with E-state index in [4.69, 9.17) is 0 Å². The van der Waals surface area contributed by atoms with Crippen LogP contribution in [0.4, 0.5) is 4.39 Å². The summed E-state index contributed by atoms with van der Waals surface area (Å²) in [7, 11) is 0. The summed E-state index contributed by atoms with van der Waals surface area (Å²) in [6.45, 7) is 4.81. The van der Waals surface area contributed by atoms with Gasteiger partial charge in [-0.15, -0.1) is 0 Å². The number of halogens is 1. The number of imidazole rings is 1. The van der Waals surface area contributed by atoms with Crippen LogP contribution in [0.1, 0.15) is 28.7 Å². The van der Waals surface area contributed by atoms with E-state index in [1.54, 1.807) is 24.3 Å². The van der Waals surface area contributed by atoms with Crippen LogP contribution in [-0.2, 0) is 6.54 Å². The lowest BCUT2D eigenvalue weighted by atomic mass is 10.2. The second-order valence-corrected chi connectivity index (χ2v) is 5.36. The fourth-order valence-corrected chi connectivity index (χ4v) is 2.61. The fourth-order valence-electron chi connectivity index (χ4n) is 2.61. The number of hydrogen-bond acceptors (Lipinski definition) is 3. The van der Waals surface area contributed by atoms with Crippen LogP contribution in [-0.4, -0.2) is 21.7 Å². The minimum atomic E-state index is -0.349. The Bertz CT molecular complexity index is 930. The molecule has 6 heteroatoms. The number of nitrogens with one attached hydrogen (secondary N) is 1. The van der Waals surface area contributed by atoms with Gasteiger partial charge in [0.15, 0.2) is 0 Å². The molecule has 0 unspecified atom stereocenters. The first kappa shape index (κ1) is 15.9. The molecule has 0 aliphatic rings. The van der Waals surface area contributed by atoms with Crippen molar-refractivity contribution in [1.29, 1.82) is 0 Å². The third-order valence-electron chi connectivity index (χ3n) is 3.75. The molecule has 122 valence electrons. The number of nitrogens with zero attached hydrogens (tertiary/aromatic N) is 3. The summed E-state index contributed by atoms with van der Waals surface area (Å²) >= 11 is 0. The van der Waals surface area contributed by atoms with E-state index in [-0.39, 0.29) is 11.7 Å². The van der Waals surface area contributed by atoms with Crippen molar-refractivity contribution >= 4 is 23.2 Å². The van der Waals surface area contributed by atoms with E-state index in [0.29, 0.717) is 11.1 Å². The first-order valence-electron chi connectivity index (χ1n) is 7.64.